The van der Waals surface area contributed by atoms with E-state index in [-0.39, 0.29) is 11.9 Å². The zero-order chi connectivity index (χ0) is 15.5. The van der Waals surface area contributed by atoms with Gasteiger partial charge in [-0.15, -0.1) is 0 Å². The predicted octanol–water partition coefficient (Wildman–Crippen LogP) is 3.86. The highest BCUT2D eigenvalue weighted by Crippen LogP contribution is 2.36. The second-order valence-corrected chi connectivity index (χ2v) is 5.77. The molecule has 0 spiro atoms. The van der Waals surface area contributed by atoms with Crippen molar-refractivity contribution in [2.75, 3.05) is 0 Å². The highest BCUT2D eigenvalue weighted by Gasteiger charge is 2.25. The van der Waals surface area contributed by atoms with E-state index in [9.17, 15) is 9.90 Å². The van der Waals surface area contributed by atoms with Crippen molar-refractivity contribution in [1.82, 2.24) is 5.32 Å². The number of fused-ring (bicyclic) bond motifs is 1. The Balaban J connectivity index is 1.66. The number of phenols is 1. The Kier molecular flexibility index (Phi) is 4.16. The number of hydrogen-bond donors (Lipinski definition) is 2. The maximum Gasteiger partial charge on any atom is 0.244 e. The molecule has 0 aromatic heterocycles. The maximum absolute atomic E-state index is 12.0. The quantitative estimate of drug-likeness (QED) is 0.845. The van der Waals surface area contributed by atoms with E-state index in [1.165, 1.54) is 6.08 Å². The SMILES string of the molecule is O=C(/C=C/c1ccc(Cl)cc1)NC1CCc2c(O)cccc21. The second-order valence-electron chi connectivity index (χ2n) is 5.33. The van der Waals surface area contributed by atoms with Crippen LogP contribution in [0.2, 0.25) is 5.02 Å². The molecule has 1 atom stereocenters. The third-order valence-electron chi connectivity index (χ3n) is 3.86. The molecule has 2 aromatic carbocycles. The van der Waals surface area contributed by atoms with Gasteiger partial charge >= 0.3 is 0 Å². The molecule has 2 aromatic rings. The van der Waals surface area contributed by atoms with Gasteiger partial charge < -0.3 is 10.4 Å². The van der Waals surface area contributed by atoms with Gasteiger partial charge in [-0.2, -0.15) is 0 Å². The van der Waals surface area contributed by atoms with E-state index in [2.05, 4.69) is 5.32 Å². The first kappa shape index (κ1) is 14.7. The van der Waals surface area contributed by atoms with E-state index < -0.39 is 0 Å². The number of rotatable bonds is 3. The van der Waals surface area contributed by atoms with E-state index in [4.69, 9.17) is 11.6 Å². The number of carbonyl (C=O) groups excluding carboxylic acids is 1. The van der Waals surface area contributed by atoms with Crippen molar-refractivity contribution in [3.8, 4) is 5.75 Å². The summed E-state index contributed by atoms with van der Waals surface area (Å²) in [5.74, 6) is 0.169. The summed E-state index contributed by atoms with van der Waals surface area (Å²) in [4.78, 5) is 12.0. The minimum atomic E-state index is -0.142. The second kappa shape index (κ2) is 6.24. The molecule has 1 amide bonds. The lowest BCUT2D eigenvalue weighted by Gasteiger charge is -2.12. The predicted molar refractivity (Wildman–Crippen MR) is 87.8 cm³/mol. The summed E-state index contributed by atoms with van der Waals surface area (Å²) >= 11 is 5.82. The van der Waals surface area contributed by atoms with Gasteiger partial charge in [0.1, 0.15) is 5.75 Å². The molecular weight excluding hydrogens is 298 g/mol. The number of nitrogens with one attached hydrogen (secondary N) is 1. The normalized spacial score (nSPS) is 16.7. The van der Waals surface area contributed by atoms with Crippen molar-refractivity contribution in [3.05, 3.63) is 70.3 Å². The fourth-order valence-electron chi connectivity index (χ4n) is 2.75. The molecule has 3 rings (SSSR count). The standard InChI is InChI=1S/C18H16ClNO2/c19-13-7-4-12(5-8-13)6-11-18(22)20-16-10-9-15-14(16)2-1-3-17(15)21/h1-8,11,16,21H,9-10H2,(H,20,22)/b11-6+. The van der Waals surface area contributed by atoms with E-state index in [0.717, 1.165) is 29.5 Å². The zero-order valence-electron chi connectivity index (χ0n) is 11.9. The van der Waals surface area contributed by atoms with Crippen molar-refractivity contribution < 1.29 is 9.90 Å². The number of carbonyl (C=O) groups is 1. The molecule has 112 valence electrons. The molecule has 0 heterocycles. The van der Waals surface area contributed by atoms with E-state index >= 15 is 0 Å². The van der Waals surface area contributed by atoms with Crippen LogP contribution in [0.5, 0.6) is 5.75 Å². The molecule has 0 saturated heterocycles. The largest absolute Gasteiger partial charge is 0.508 e. The summed E-state index contributed by atoms with van der Waals surface area (Å²) < 4.78 is 0. The van der Waals surface area contributed by atoms with Crippen LogP contribution in [0.15, 0.2) is 48.5 Å². The fourth-order valence-corrected chi connectivity index (χ4v) is 2.88. The molecule has 0 bridgehead atoms. The number of hydrogen-bond acceptors (Lipinski definition) is 2. The van der Waals surface area contributed by atoms with Crippen LogP contribution in [0.4, 0.5) is 0 Å². The molecule has 0 fully saturated rings. The molecular formula is C18H16ClNO2. The van der Waals surface area contributed by atoms with Gasteiger partial charge in [-0.3, -0.25) is 4.79 Å². The van der Waals surface area contributed by atoms with Gasteiger partial charge in [0, 0.05) is 11.1 Å². The Morgan fingerprint density at radius 2 is 2.00 bits per heavy atom. The first-order chi connectivity index (χ1) is 10.6. The average Bonchev–Trinajstić information content (AvgIpc) is 2.91. The third-order valence-corrected chi connectivity index (χ3v) is 4.11. The van der Waals surface area contributed by atoms with Crippen molar-refractivity contribution in [2.24, 2.45) is 0 Å². The summed E-state index contributed by atoms with van der Waals surface area (Å²) in [6, 6.07) is 12.7. The Morgan fingerprint density at radius 1 is 1.23 bits per heavy atom. The number of phenolic OH excluding ortho intramolecular Hbond substituents is 1. The van der Waals surface area contributed by atoms with Crippen LogP contribution in [-0.2, 0) is 11.2 Å². The Labute approximate surface area is 134 Å². The average molecular weight is 314 g/mol. The van der Waals surface area contributed by atoms with Crippen molar-refractivity contribution >= 4 is 23.6 Å². The lowest BCUT2D eigenvalue weighted by molar-refractivity contribution is -0.117. The zero-order valence-corrected chi connectivity index (χ0v) is 12.7. The Hall–Kier alpha value is -2.26. The molecule has 1 unspecified atom stereocenters. The number of aromatic hydroxyl groups is 1. The van der Waals surface area contributed by atoms with Crippen molar-refractivity contribution in [3.63, 3.8) is 0 Å². The number of amides is 1. The third kappa shape index (κ3) is 3.15. The molecule has 4 heteroatoms. The van der Waals surface area contributed by atoms with Crippen LogP contribution in [0.3, 0.4) is 0 Å². The Morgan fingerprint density at radius 3 is 2.77 bits per heavy atom. The van der Waals surface area contributed by atoms with E-state index in [1.807, 2.05) is 24.3 Å². The molecule has 0 saturated carbocycles. The monoisotopic (exact) mass is 313 g/mol. The first-order valence-corrected chi connectivity index (χ1v) is 7.56. The summed E-state index contributed by atoms with van der Waals surface area (Å²) in [7, 11) is 0. The lowest BCUT2D eigenvalue weighted by Crippen LogP contribution is -2.25. The smallest absolute Gasteiger partial charge is 0.244 e. The van der Waals surface area contributed by atoms with Crippen LogP contribution in [0.1, 0.15) is 29.2 Å². The van der Waals surface area contributed by atoms with Gasteiger partial charge in [0.05, 0.1) is 6.04 Å². The van der Waals surface area contributed by atoms with Crippen LogP contribution in [0.25, 0.3) is 6.08 Å². The lowest BCUT2D eigenvalue weighted by atomic mass is 10.1. The van der Waals surface area contributed by atoms with Gasteiger partial charge in [0.25, 0.3) is 0 Å². The van der Waals surface area contributed by atoms with Crippen LogP contribution >= 0.6 is 11.6 Å². The minimum absolute atomic E-state index is 0.0375. The molecule has 0 radical (unpaired) electrons. The van der Waals surface area contributed by atoms with Gasteiger partial charge in [-0.1, -0.05) is 35.9 Å². The summed E-state index contributed by atoms with van der Waals surface area (Å²) in [6.45, 7) is 0. The molecule has 2 N–H and O–H groups in total. The summed E-state index contributed by atoms with van der Waals surface area (Å²) in [6.07, 6.45) is 4.87. The highest BCUT2D eigenvalue weighted by atomic mass is 35.5. The molecule has 22 heavy (non-hydrogen) atoms. The van der Waals surface area contributed by atoms with Gasteiger partial charge in [0.2, 0.25) is 5.91 Å². The molecule has 1 aliphatic rings. The van der Waals surface area contributed by atoms with Gasteiger partial charge in [0.15, 0.2) is 0 Å². The highest BCUT2D eigenvalue weighted by molar-refractivity contribution is 6.30. The van der Waals surface area contributed by atoms with E-state index in [1.54, 1.807) is 24.3 Å². The fraction of sp³-hybridized carbons (Fsp3) is 0.167. The topological polar surface area (TPSA) is 49.3 Å². The van der Waals surface area contributed by atoms with Gasteiger partial charge in [-0.05, 0) is 53.8 Å². The molecule has 1 aliphatic carbocycles. The van der Waals surface area contributed by atoms with Gasteiger partial charge in [-0.25, -0.2) is 0 Å². The first-order valence-electron chi connectivity index (χ1n) is 7.18. The van der Waals surface area contributed by atoms with Crippen LogP contribution in [-0.4, -0.2) is 11.0 Å². The summed E-state index contributed by atoms with van der Waals surface area (Å²) in [5.41, 5.74) is 2.87. The summed E-state index contributed by atoms with van der Waals surface area (Å²) in [5, 5.41) is 13.5. The van der Waals surface area contributed by atoms with Crippen LogP contribution < -0.4 is 5.32 Å². The molecule has 0 aliphatic heterocycles. The molecule has 3 nitrogen and oxygen atoms in total. The minimum Gasteiger partial charge on any atom is -0.508 e. The Bertz CT molecular complexity index is 722. The van der Waals surface area contributed by atoms with Crippen molar-refractivity contribution in [2.45, 2.75) is 18.9 Å². The van der Waals surface area contributed by atoms with Crippen molar-refractivity contribution in [1.29, 1.82) is 0 Å². The van der Waals surface area contributed by atoms with E-state index in [0.29, 0.717) is 10.8 Å². The number of halogens is 1. The van der Waals surface area contributed by atoms with Crippen LogP contribution in [0, 0.1) is 0 Å². The number of benzene rings is 2. The maximum atomic E-state index is 12.0.